The summed E-state index contributed by atoms with van der Waals surface area (Å²) in [5.74, 6) is 1.10. The predicted molar refractivity (Wildman–Crippen MR) is 113 cm³/mol. The summed E-state index contributed by atoms with van der Waals surface area (Å²) in [6, 6.07) is 16.1. The van der Waals surface area contributed by atoms with Crippen molar-refractivity contribution >= 4 is 27.8 Å². The standard InChI is InChI=1S/C23H26N4O/c1-15(2)22(23-24-18-9-5-6-10-19(18)25-23)26-21(28)13-12-16-14-27(3)20-11-7-4-8-17(16)20/h4-11,14-15,22H,12-13H2,1-3H3,(H,24,25)(H,26,28). The van der Waals surface area contributed by atoms with E-state index in [9.17, 15) is 4.79 Å². The van der Waals surface area contributed by atoms with Crippen molar-refractivity contribution in [3.8, 4) is 0 Å². The number of imidazole rings is 1. The second-order valence-electron chi connectivity index (χ2n) is 7.71. The van der Waals surface area contributed by atoms with Crippen LogP contribution in [-0.4, -0.2) is 20.4 Å². The molecule has 2 N–H and O–H groups in total. The number of H-pyrrole nitrogens is 1. The Morgan fingerprint density at radius 1 is 1.14 bits per heavy atom. The van der Waals surface area contributed by atoms with Gasteiger partial charge < -0.3 is 14.9 Å². The zero-order chi connectivity index (χ0) is 19.7. The molecule has 144 valence electrons. The van der Waals surface area contributed by atoms with Gasteiger partial charge in [0, 0.05) is 30.6 Å². The van der Waals surface area contributed by atoms with E-state index in [1.807, 2.05) is 43.4 Å². The number of rotatable bonds is 6. The minimum Gasteiger partial charge on any atom is -0.350 e. The second-order valence-corrected chi connectivity index (χ2v) is 7.71. The SMILES string of the molecule is CC(C)C(NC(=O)CCc1cn(C)c2ccccc12)c1nc2ccccc2[nH]1. The Morgan fingerprint density at radius 2 is 1.89 bits per heavy atom. The summed E-state index contributed by atoms with van der Waals surface area (Å²) in [4.78, 5) is 20.7. The number of benzene rings is 2. The molecular weight excluding hydrogens is 348 g/mol. The Morgan fingerprint density at radius 3 is 2.68 bits per heavy atom. The van der Waals surface area contributed by atoms with Crippen molar-refractivity contribution in [3.05, 3.63) is 66.1 Å². The second kappa shape index (κ2) is 7.50. The van der Waals surface area contributed by atoms with Crippen molar-refractivity contribution in [1.82, 2.24) is 19.9 Å². The van der Waals surface area contributed by atoms with Crippen LogP contribution in [0.25, 0.3) is 21.9 Å². The van der Waals surface area contributed by atoms with Crippen LogP contribution in [0.5, 0.6) is 0 Å². The molecule has 0 radical (unpaired) electrons. The Kier molecular flexibility index (Phi) is 4.90. The van der Waals surface area contributed by atoms with Crippen molar-refractivity contribution in [2.75, 3.05) is 0 Å². The van der Waals surface area contributed by atoms with Crippen molar-refractivity contribution < 1.29 is 4.79 Å². The van der Waals surface area contributed by atoms with Gasteiger partial charge in [0.1, 0.15) is 5.82 Å². The van der Waals surface area contributed by atoms with Crippen molar-refractivity contribution in [1.29, 1.82) is 0 Å². The van der Waals surface area contributed by atoms with Crippen LogP contribution in [0, 0.1) is 5.92 Å². The van der Waals surface area contributed by atoms with Gasteiger partial charge in [-0.2, -0.15) is 0 Å². The number of aromatic amines is 1. The van der Waals surface area contributed by atoms with E-state index in [4.69, 9.17) is 0 Å². The smallest absolute Gasteiger partial charge is 0.220 e. The molecular formula is C23H26N4O. The van der Waals surface area contributed by atoms with E-state index in [2.05, 4.69) is 52.0 Å². The van der Waals surface area contributed by atoms with E-state index >= 15 is 0 Å². The lowest BCUT2D eigenvalue weighted by atomic mass is 10.0. The molecule has 0 aliphatic rings. The zero-order valence-electron chi connectivity index (χ0n) is 16.6. The van der Waals surface area contributed by atoms with Gasteiger partial charge in [0.05, 0.1) is 17.1 Å². The number of para-hydroxylation sites is 3. The van der Waals surface area contributed by atoms with Gasteiger partial charge in [-0.1, -0.05) is 44.2 Å². The van der Waals surface area contributed by atoms with Crippen molar-refractivity contribution in [2.45, 2.75) is 32.7 Å². The first-order valence-corrected chi connectivity index (χ1v) is 9.80. The first-order chi connectivity index (χ1) is 13.5. The number of hydrogen-bond donors (Lipinski definition) is 2. The van der Waals surface area contributed by atoms with Crippen LogP contribution in [0.2, 0.25) is 0 Å². The van der Waals surface area contributed by atoms with Crippen LogP contribution in [0.4, 0.5) is 0 Å². The molecule has 28 heavy (non-hydrogen) atoms. The number of hydrogen-bond acceptors (Lipinski definition) is 2. The highest BCUT2D eigenvalue weighted by Crippen LogP contribution is 2.24. The highest BCUT2D eigenvalue weighted by atomic mass is 16.1. The van der Waals surface area contributed by atoms with Crippen LogP contribution in [0.3, 0.4) is 0 Å². The number of carbonyl (C=O) groups excluding carboxylic acids is 1. The van der Waals surface area contributed by atoms with Crippen LogP contribution in [-0.2, 0) is 18.3 Å². The third-order valence-electron chi connectivity index (χ3n) is 5.29. The normalized spacial score (nSPS) is 12.7. The maximum absolute atomic E-state index is 12.7. The third-order valence-corrected chi connectivity index (χ3v) is 5.29. The molecule has 0 saturated heterocycles. The molecule has 4 aromatic rings. The summed E-state index contributed by atoms with van der Waals surface area (Å²) >= 11 is 0. The van der Waals surface area contributed by atoms with E-state index in [1.54, 1.807) is 0 Å². The van der Waals surface area contributed by atoms with Crippen LogP contribution in [0.15, 0.2) is 54.7 Å². The first-order valence-electron chi connectivity index (χ1n) is 9.80. The Bertz CT molecular complexity index is 1090. The van der Waals surface area contributed by atoms with Gasteiger partial charge in [-0.3, -0.25) is 4.79 Å². The van der Waals surface area contributed by atoms with Crippen LogP contribution < -0.4 is 5.32 Å². The fourth-order valence-corrected chi connectivity index (χ4v) is 3.79. The molecule has 0 aliphatic heterocycles. The molecule has 0 bridgehead atoms. The predicted octanol–water partition coefficient (Wildman–Crippen LogP) is 4.50. The lowest BCUT2D eigenvalue weighted by molar-refractivity contribution is -0.122. The van der Waals surface area contributed by atoms with E-state index in [1.165, 1.54) is 16.5 Å². The highest BCUT2D eigenvalue weighted by molar-refractivity contribution is 5.85. The van der Waals surface area contributed by atoms with Crippen molar-refractivity contribution in [2.24, 2.45) is 13.0 Å². The van der Waals surface area contributed by atoms with Crippen LogP contribution >= 0.6 is 0 Å². The van der Waals surface area contributed by atoms with Gasteiger partial charge in [0.15, 0.2) is 0 Å². The lowest BCUT2D eigenvalue weighted by Gasteiger charge is -2.20. The van der Waals surface area contributed by atoms with E-state index in [-0.39, 0.29) is 17.9 Å². The summed E-state index contributed by atoms with van der Waals surface area (Å²) in [5, 5.41) is 4.40. The Balaban J connectivity index is 1.47. The van der Waals surface area contributed by atoms with Gasteiger partial charge in [-0.25, -0.2) is 4.98 Å². The topological polar surface area (TPSA) is 62.7 Å². The fourth-order valence-electron chi connectivity index (χ4n) is 3.79. The van der Waals surface area contributed by atoms with Gasteiger partial charge in [0.25, 0.3) is 0 Å². The summed E-state index contributed by atoms with van der Waals surface area (Å²) in [7, 11) is 2.04. The molecule has 0 saturated carbocycles. The van der Waals surface area contributed by atoms with E-state index < -0.39 is 0 Å². The molecule has 4 rings (SSSR count). The monoisotopic (exact) mass is 374 g/mol. The summed E-state index contributed by atoms with van der Waals surface area (Å²) in [6.07, 6.45) is 3.30. The molecule has 2 heterocycles. The summed E-state index contributed by atoms with van der Waals surface area (Å²) in [6.45, 7) is 4.20. The minimum absolute atomic E-state index is 0.0482. The molecule has 1 amide bonds. The number of aryl methyl sites for hydroxylation is 2. The Labute approximate surface area is 164 Å². The molecule has 5 nitrogen and oxygen atoms in total. The van der Waals surface area contributed by atoms with Gasteiger partial charge in [-0.05, 0) is 36.1 Å². The van der Waals surface area contributed by atoms with E-state index in [0.717, 1.165) is 23.3 Å². The third kappa shape index (κ3) is 3.52. The maximum atomic E-state index is 12.7. The molecule has 2 aromatic carbocycles. The molecule has 5 heteroatoms. The number of nitrogens with zero attached hydrogens (tertiary/aromatic N) is 2. The summed E-state index contributed by atoms with van der Waals surface area (Å²) in [5.41, 5.74) is 4.32. The maximum Gasteiger partial charge on any atom is 0.220 e. The molecule has 0 fully saturated rings. The van der Waals surface area contributed by atoms with Gasteiger partial charge in [-0.15, -0.1) is 0 Å². The molecule has 1 unspecified atom stereocenters. The number of aromatic nitrogens is 3. The first kappa shape index (κ1) is 18.3. The summed E-state index contributed by atoms with van der Waals surface area (Å²) < 4.78 is 2.12. The van der Waals surface area contributed by atoms with Crippen LogP contribution in [0.1, 0.15) is 37.7 Å². The van der Waals surface area contributed by atoms with Crippen molar-refractivity contribution in [3.63, 3.8) is 0 Å². The Hall–Kier alpha value is -3.08. The number of nitrogens with one attached hydrogen (secondary N) is 2. The molecule has 1 atom stereocenters. The lowest BCUT2D eigenvalue weighted by Crippen LogP contribution is -2.32. The minimum atomic E-state index is -0.132. The number of carbonyl (C=O) groups is 1. The van der Waals surface area contributed by atoms with Gasteiger partial charge >= 0.3 is 0 Å². The highest BCUT2D eigenvalue weighted by Gasteiger charge is 2.22. The largest absolute Gasteiger partial charge is 0.350 e. The van der Waals surface area contributed by atoms with E-state index in [0.29, 0.717) is 6.42 Å². The quantitative estimate of drug-likeness (QED) is 0.522. The number of amides is 1. The zero-order valence-corrected chi connectivity index (χ0v) is 16.6. The molecule has 0 aliphatic carbocycles. The van der Waals surface area contributed by atoms with Gasteiger partial charge in [0.2, 0.25) is 5.91 Å². The average Bonchev–Trinajstić information content (AvgIpc) is 3.25. The number of fused-ring (bicyclic) bond motifs is 2. The molecule has 2 aromatic heterocycles. The average molecular weight is 374 g/mol. The molecule has 0 spiro atoms. The fraction of sp³-hybridized carbons (Fsp3) is 0.304.